The Hall–Kier alpha value is -1.07. The molecule has 1 heterocycles. The van der Waals surface area contributed by atoms with Crippen LogP contribution in [0.3, 0.4) is 0 Å². The van der Waals surface area contributed by atoms with E-state index in [0.717, 1.165) is 6.07 Å². The number of halogens is 3. The zero-order valence-corrected chi connectivity index (χ0v) is 8.55. The lowest BCUT2D eigenvalue weighted by Crippen LogP contribution is -2.23. The van der Waals surface area contributed by atoms with Crippen molar-refractivity contribution in [1.29, 1.82) is 0 Å². The van der Waals surface area contributed by atoms with Gasteiger partial charge in [-0.25, -0.2) is 13.2 Å². The Balaban J connectivity index is 1.94. The predicted molar refractivity (Wildman–Crippen MR) is 52.7 cm³/mol. The molecule has 1 saturated heterocycles. The molecule has 1 aliphatic heterocycles. The van der Waals surface area contributed by atoms with Crippen LogP contribution in [-0.4, -0.2) is 25.4 Å². The molecule has 0 bridgehead atoms. The Kier molecular flexibility index (Phi) is 3.46. The van der Waals surface area contributed by atoms with Crippen molar-refractivity contribution in [2.24, 2.45) is 0 Å². The lowest BCUT2D eigenvalue weighted by atomic mass is 10.2. The number of nitrogens with one attached hydrogen (secondary N) is 1. The zero-order valence-electron chi connectivity index (χ0n) is 8.55. The Morgan fingerprint density at radius 2 is 1.88 bits per heavy atom. The topological polar surface area (TPSA) is 21.3 Å². The molecule has 1 N–H and O–H groups in total. The third-order valence-corrected chi connectivity index (χ3v) is 2.47. The number of hydrogen-bond acceptors (Lipinski definition) is 2. The molecule has 0 saturated carbocycles. The summed E-state index contributed by atoms with van der Waals surface area (Å²) in [6.45, 7) is 0.711. The third-order valence-electron chi connectivity index (χ3n) is 2.47. The van der Waals surface area contributed by atoms with Gasteiger partial charge < -0.3 is 10.1 Å². The molecular formula is C11H12F3NO. The first-order chi connectivity index (χ1) is 7.65. The van der Waals surface area contributed by atoms with Gasteiger partial charge in [0.15, 0.2) is 0 Å². The summed E-state index contributed by atoms with van der Waals surface area (Å²) < 4.78 is 44.0. The summed E-state index contributed by atoms with van der Waals surface area (Å²) in [5.74, 6) is -1.31. The summed E-state index contributed by atoms with van der Waals surface area (Å²) in [4.78, 5) is 0. The SMILES string of the molecule is Fc1cc(F)cc(COC2CNCC2F)c1. The van der Waals surface area contributed by atoms with E-state index in [1.54, 1.807) is 0 Å². The summed E-state index contributed by atoms with van der Waals surface area (Å²) in [6, 6.07) is 3.15. The van der Waals surface area contributed by atoms with Crippen molar-refractivity contribution in [1.82, 2.24) is 5.32 Å². The van der Waals surface area contributed by atoms with E-state index in [9.17, 15) is 13.2 Å². The molecule has 0 radical (unpaired) electrons. The maximum absolute atomic E-state index is 13.1. The van der Waals surface area contributed by atoms with Crippen LogP contribution in [0.15, 0.2) is 18.2 Å². The molecule has 1 aromatic rings. The molecule has 2 atom stereocenters. The first kappa shape index (κ1) is 11.4. The molecule has 0 amide bonds. The van der Waals surface area contributed by atoms with Crippen LogP contribution in [-0.2, 0) is 11.3 Å². The predicted octanol–water partition coefficient (Wildman–Crippen LogP) is 1.79. The maximum Gasteiger partial charge on any atom is 0.140 e. The highest BCUT2D eigenvalue weighted by atomic mass is 19.1. The van der Waals surface area contributed by atoms with Crippen molar-refractivity contribution in [2.75, 3.05) is 13.1 Å². The standard InChI is InChI=1S/C11H12F3NO/c12-8-1-7(2-9(13)3-8)6-16-11-5-15-4-10(11)14/h1-3,10-11,15H,4-6H2. The van der Waals surface area contributed by atoms with Crippen LogP contribution in [0.2, 0.25) is 0 Å². The van der Waals surface area contributed by atoms with Gasteiger partial charge in [0.05, 0.1) is 6.61 Å². The number of benzene rings is 1. The van der Waals surface area contributed by atoms with Crippen LogP contribution in [0.5, 0.6) is 0 Å². The van der Waals surface area contributed by atoms with Gasteiger partial charge in [0.1, 0.15) is 23.9 Å². The second-order valence-electron chi connectivity index (χ2n) is 3.80. The van der Waals surface area contributed by atoms with Gasteiger partial charge in [0, 0.05) is 19.2 Å². The fourth-order valence-corrected chi connectivity index (χ4v) is 1.68. The molecule has 5 heteroatoms. The molecule has 2 nitrogen and oxygen atoms in total. The zero-order chi connectivity index (χ0) is 11.5. The van der Waals surface area contributed by atoms with E-state index in [1.165, 1.54) is 12.1 Å². The second-order valence-corrected chi connectivity index (χ2v) is 3.80. The molecule has 1 aromatic carbocycles. The summed E-state index contributed by atoms with van der Waals surface area (Å²) in [5, 5.41) is 2.83. The highest BCUT2D eigenvalue weighted by Gasteiger charge is 2.27. The van der Waals surface area contributed by atoms with Crippen LogP contribution < -0.4 is 5.32 Å². The summed E-state index contributed by atoms with van der Waals surface area (Å²) in [6.07, 6.45) is -1.59. The number of rotatable bonds is 3. The normalized spacial score (nSPS) is 24.9. The number of ether oxygens (including phenoxy) is 1. The van der Waals surface area contributed by atoms with Crippen LogP contribution in [0.1, 0.15) is 5.56 Å². The third kappa shape index (κ3) is 2.74. The minimum absolute atomic E-state index is 0.0153. The molecule has 1 aliphatic rings. The molecular weight excluding hydrogens is 219 g/mol. The van der Waals surface area contributed by atoms with Crippen molar-refractivity contribution >= 4 is 0 Å². The summed E-state index contributed by atoms with van der Waals surface area (Å²) in [5.41, 5.74) is 0.372. The van der Waals surface area contributed by atoms with Gasteiger partial charge in [-0.05, 0) is 17.7 Å². The summed E-state index contributed by atoms with van der Waals surface area (Å²) >= 11 is 0. The van der Waals surface area contributed by atoms with Gasteiger partial charge >= 0.3 is 0 Å². The van der Waals surface area contributed by atoms with Gasteiger partial charge in [0.25, 0.3) is 0 Å². The van der Waals surface area contributed by atoms with Crippen LogP contribution in [0, 0.1) is 11.6 Å². The minimum atomic E-state index is -1.06. The van der Waals surface area contributed by atoms with Gasteiger partial charge in [-0.1, -0.05) is 0 Å². The molecule has 1 fully saturated rings. The monoisotopic (exact) mass is 231 g/mol. The molecule has 2 unspecified atom stereocenters. The first-order valence-corrected chi connectivity index (χ1v) is 5.06. The maximum atomic E-state index is 13.1. The number of alkyl halides is 1. The van der Waals surface area contributed by atoms with E-state index in [2.05, 4.69) is 5.32 Å². The van der Waals surface area contributed by atoms with E-state index in [4.69, 9.17) is 4.74 Å². The average Bonchev–Trinajstić information content (AvgIpc) is 2.59. The lowest BCUT2D eigenvalue weighted by molar-refractivity contribution is 0.0137. The van der Waals surface area contributed by atoms with Gasteiger partial charge in [-0.3, -0.25) is 0 Å². The Morgan fingerprint density at radius 1 is 1.19 bits per heavy atom. The quantitative estimate of drug-likeness (QED) is 0.856. The number of hydrogen-bond donors (Lipinski definition) is 1. The second kappa shape index (κ2) is 4.84. The molecule has 2 rings (SSSR count). The van der Waals surface area contributed by atoms with E-state index in [0.29, 0.717) is 12.1 Å². The molecule has 0 aromatic heterocycles. The van der Waals surface area contributed by atoms with Gasteiger partial charge in [-0.2, -0.15) is 0 Å². The van der Waals surface area contributed by atoms with Crippen LogP contribution >= 0.6 is 0 Å². The minimum Gasteiger partial charge on any atom is -0.369 e. The van der Waals surface area contributed by atoms with Crippen LogP contribution in [0.4, 0.5) is 13.2 Å². The van der Waals surface area contributed by atoms with E-state index < -0.39 is 23.9 Å². The molecule has 16 heavy (non-hydrogen) atoms. The first-order valence-electron chi connectivity index (χ1n) is 5.06. The molecule has 0 spiro atoms. The summed E-state index contributed by atoms with van der Waals surface area (Å²) in [7, 11) is 0. The van der Waals surface area contributed by atoms with Crippen molar-refractivity contribution in [3.05, 3.63) is 35.4 Å². The fraction of sp³-hybridized carbons (Fsp3) is 0.455. The van der Waals surface area contributed by atoms with Crippen molar-refractivity contribution in [3.8, 4) is 0 Å². The van der Waals surface area contributed by atoms with E-state index in [-0.39, 0.29) is 13.2 Å². The van der Waals surface area contributed by atoms with Gasteiger partial charge in [-0.15, -0.1) is 0 Å². The Labute approximate surface area is 91.4 Å². The Bertz CT molecular complexity index is 352. The van der Waals surface area contributed by atoms with E-state index >= 15 is 0 Å². The van der Waals surface area contributed by atoms with Crippen LogP contribution in [0.25, 0.3) is 0 Å². The van der Waals surface area contributed by atoms with Crippen molar-refractivity contribution in [2.45, 2.75) is 18.9 Å². The van der Waals surface area contributed by atoms with Gasteiger partial charge in [0.2, 0.25) is 0 Å². The highest BCUT2D eigenvalue weighted by Crippen LogP contribution is 2.14. The van der Waals surface area contributed by atoms with Crippen molar-refractivity contribution in [3.63, 3.8) is 0 Å². The smallest absolute Gasteiger partial charge is 0.140 e. The lowest BCUT2D eigenvalue weighted by Gasteiger charge is -2.13. The van der Waals surface area contributed by atoms with E-state index in [1.807, 2.05) is 0 Å². The highest BCUT2D eigenvalue weighted by molar-refractivity contribution is 5.17. The van der Waals surface area contributed by atoms with Crippen molar-refractivity contribution < 1.29 is 17.9 Å². The average molecular weight is 231 g/mol. The molecule has 0 aliphatic carbocycles. The Morgan fingerprint density at radius 3 is 2.44 bits per heavy atom. The fourth-order valence-electron chi connectivity index (χ4n) is 1.68. The largest absolute Gasteiger partial charge is 0.369 e. The molecule has 88 valence electrons.